The third-order valence-corrected chi connectivity index (χ3v) is 5.64. The Balaban J connectivity index is 1.99. The maximum Gasteiger partial charge on any atom is 0.247 e. The molecule has 9 heteroatoms. The number of benzene rings is 2. The highest BCUT2D eigenvalue weighted by molar-refractivity contribution is 7.98. The number of anilines is 1. The summed E-state index contributed by atoms with van der Waals surface area (Å²) in [6.45, 7) is 5.72. The number of fused-ring (bicyclic) bond motifs is 3. The van der Waals surface area contributed by atoms with Crippen LogP contribution < -0.4 is 14.4 Å². The summed E-state index contributed by atoms with van der Waals surface area (Å²) in [5.74, 6) is 0.792. The summed E-state index contributed by atoms with van der Waals surface area (Å²) in [5, 5.41) is 9.52. The van der Waals surface area contributed by atoms with Gasteiger partial charge in [-0.1, -0.05) is 42.4 Å². The number of thioether (sulfide) groups is 1. The Bertz CT molecular complexity index is 1160. The molecule has 0 aliphatic carbocycles. The number of halogens is 1. The number of hydrogen-bond acceptors (Lipinski definition) is 7. The maximum atomic E-state index is 13.3. The Morgan fingerprint density at radius 1 is 1.25 bits per heavy atom. The molecule has 1 aliphatic heterocycles. The van der Waals surface area contributed by atoms with Crippen LogP contribution in [-0.2, 0) is 4.79 Å². The van der Waals surface area contributed by atoms with Crippen molar-refractivity contribution in [2.45, 2.75) is 44.7 Å². The van der Waals surface area contributed by atoms with Crippen molar-refractivity contribution in [1.29, 1.82) is 0 Å². The van der Waals surface area contributed by atoms with Crippen molar-refractivity contribution in [2.75, 3.05) is 11.2 Å². The van der Waals surface area contributed by atoms with Gasteiger partial charge >= 0.3 is 0 Å². The molecule has 1 amide bonds. The van der Waals surface area contributed by atoms with Crippen LogP contribution in [0, 0.1) is 0 Å². The minimum absolute atomic E-state index is 0.0530. The van der Waals surface area contributed by atoms with Gasteiger partial charge in [0, 0.05) is 17.0 Å². The fourth-order valence-corrected chi connectivity index (χ4v) is 3.98. The summed E-state index contributed by atoms with van der Waals surface area (Å²) in [6, 6.07) is 12.8. The van der Waals surface area contributed by atoms with Gasteiger partial charge < -0.3 is 9.47 Å². The van der Waals surface area contributed by atoms with Crippen molar-refractivity contribution in [3.8, 4) is 22.9 Å². The smallest absolute Gasteiger partial charge is 0.247 e. The van der Waals surface area contributed by atoms with E-state index in [4.69, 9.17) is 21.1 Å². The fraction of sp³-hybridized carbons (Fsp3) is 0.304. The minimum Gasteiger partial charge on any atom is -0.491 e. The van der Waals surface area contributed by atoms with Gasteiger partial charge in [0.05, 0.1) is 17.4 Å². The number of aromatic nitrogens is 3. The molecule has 0 fully saturated rings. The summed E-state index contributed by atoms with van der Waals surface area (Å²) in [5.41, 5.74) is 2.39. The zero-order valence-electron chi connectivity index (χ0n) is 18.2. The first-order valence-corrected chi connectivity index (χ1v) is 11.9. The minimum atomic E-state index is -0.815. The Kier molecular flexibility index (Phi) is 6.53. The van der Waals surface area contributed by atoms with Crippen LogP contribution in [0.4, 0.5) is 5.69 Å². The van der Waals surface area contributed by atoms with Gasteiger partial charge in [0.2, 0.25) is 23.2 Å². The predicted octanol–water partition coefficient (Wildman–Crippen LogP) is 5.54. The summed E-state index contributed by atoms with van der Waals surface area (Å²) in [4.78, 5) is 19.4. The molecule has 0 radical (unpaired) electrons. The van der Waals surface area contributed by atoms with Crippen LogP contribution >= 0.6 is 23.4 Å². The predicted molar refractivity (Wildman–Crippen MR) is 125 cm³/mol. The maximum absolute atomic E-state index is 13.3. The molecule has 0 spiro atoms. The topological polar surface area (TPSA) is 77.4 Å². The summed E-state index contributed by atoms with van der Waals surface area (Å²) >= 11 is 7.67. The van der Waals surface area contributed by atoms with Crippen LogP contribution in [0.3, 0.4) is 0 Å². The van der Waals surface area contributed by atoms with Crippen LogP contribution in [-0.4, -0.2) is 33.4 Å². The Morgan fingerprint density at radius 3 is 2.75 bits per heavy atom. The van der Waals surface area contributed by atoms with E-state index in [0.29, 0.717) is 38.4 Å². The third kappa shape index (κ3) is 4.25. The highest BCUT2D eigenvalue weighted by Crippen LogP contribution is 2.46. The number of carbonyl (C=O) groups is 1. The van der Waals surface area contributed by atoms with E-state index in [0.717, 1.165) is 0 Å². The van der Waals surface area contributed by atoms with Crippen molar-refractivity contribution in [2.24, 2.45) is 0 Å². The van der Waals surface area contributed by atoms with E-state index in [1.807, 2.05) is 51.3 Å². The summed E-state index contributed by atoms with van der Waals surface area (Å²) in [6.07, 6.45) is 1.27. The molecule has 0 saturated heterocycles. The molecular weight excluding hydrogens is 448 g/mol. The molecule has 0 saturated carbocycles. The Morgan fingerprint density at radius 2 is 2.03 bits per heavy atom. The lowest BCUT2D eigenvalue weighted by molar-refractivity contribution is -0.120. The molecule has 2 aromatic carbocycles. The van der Waals surface area contributed by atoms with E-state index < -0.39 is 6.23 Å². The molecule has 0 N–H and O–H groups in total. The standard InChI is InChI=1S/C23H23ClN4O3S/c1-5-19(29)28-17-11-10-14(24)12-16(17)20-21(25-23(32-4)27-26-20)31-22(28)15-8-6-7-9-18(15)30-13(2)3/h6-13,22H,5H2,1-4H3/t22-/m1/s1. The second kappa shape index (κ2) is 9.34. The van der Waals surface area contributed by atoms with Crippen molar-refractivity contribution < 1.29 is 14.3 Å². The van der Waals surface area contributed by atoms with Crippen LogP contribution in [0.5, 0.6) is 11.6 Å². The number of amides is 1. The van der Waals surface area contributed by atoms with Crippen molar-refractivity contribution in [3.63, 3.8) is 0 Å². The average Bonchev–Trinajstić information content (AvgIpc) is 2.92. The first-order chi connectivity index (χ1) is 15.4. The van der Waals surface area contributed by atoms with E-state index >= 15 is 0 Å². The van der Waals surface area contributed by atoms with Crippen LogP contribution in [0.25, 0.3) is 11.3 Å². The SMILES string of the molecule is CCC(=O)N1c2ccc(Cl)cc2-c2nnc(SC)nc2O[C@@H]1c1ccccc1OC(C)C. The van der Waals surface area contributed by atoms with E-state index in [2.05, 4.69) is 15.2 Å². The zero-order valence-corrected chi connectivity index (χ0v) is 19.8. The molecule has 2 heterocycles. The first kappa shape index (κ1) is 22.4. The van der Waals surface area contributed by atoms with Crippen LogP contribution in [0.1, 0.15) is 39.0 Å². The molecule has 7 nitrogen and oxygen atoms in total. The molecule has 0 unspecified atom stereocenters. The largest absolute Gasteiger partial charge is 0.491 e. The van der Waals surface area contributed by atoms with Gasteiger partial charge in [0.1, 0.15) is 5.75 Å². The van der Waals surface area contributed by atoms with Gasteiger partial charge in [-0.05, 0) is 50.4 Å². The highest BCUT2D eigenvalue weighted by atomic mass is 35.5. The van der Waals surface area contributed by atoms with Crippen molar-refractivity contribution >= 4 is 35.0 Å². The number of hydrogen-bond donors (Lipinski definition) is 0. The van der Waals surface area contributed by atoms with Crippen LogP contribution in [0.2, 0.25) is 5.02 Å². The lowest BCUT2D eigenvalue weighted by atomic mass is 10.1. The Hall–Kier alpha value is -2.84. The normalized spacial score (nSPS) is 14.9. The van der Waals surface area contributed by atoms with Crippen molar-refractivity contribution in [3.05, 3.63) is 53.1 Å². The van der Waals surface area contributed by atoms with E-state index in [1.54, 1.807) is 23.1 Å². The van der Waals surface area contributed by atoms with E-state index in [1.165, 1.54) is 11.8 Å². The number of nitrogens with zero attached hydrogens (tertiary/aromatic N) is 4. The lowest BCUT2D eigenvalue weighted by Crippen LogP contribution is -2.37. The van der Waals surface area contributed by atoms with E-state index in [-0.39, 0.29) is 24.3 Å². The molecular formula is C23H23ClN4O3S. The van der Waals surface area contributed by atoms with Crippen molar-refractivity contribution in [1.82, 2.24) is 15.2 Å². The fourth-order valence-electron chi connectivity index (χ4n) is 3.51. The Labute approximate surface area is 196 Å². The molecule has 1 aliphatic rings. The highest BCUT2D eigenvalue weighted by Gasteiger charge is 2.37. The summed E-state index contributed by atoms with van der Waals surface area (Å²) in [7, 11) is 0. The van der Waals surface area contributed by atoms with Crippen LogP contribution in [0.15, 0.2) is 47.6 Å². The van der Waals surface area contributed by atoms with E-state index in [9.17, 15) is 4.79 Å². The van der Waals surface area contributed by atoms with Gasteiger partial charge in [0.15, 0.2) is 5.69 Å². The number of carbonyl (C=O) groups excluding carboxylic acids is 1. The molecule has 0 bridgehead atoms. The second-order valence-corrected chi connectivity index (χ2v) is 8.62. The first-order valence-electron chi connectivity index (χ1n) is 10.3. The number of rotatable bonds is 5. The third-order valence-electron chi connectivity index (χ3n) is 4.87. The molecule has 1 atom stereocenters. The lowest BCUT2D eigenvalue weighted by Gasteiger charge is -2.31. The monoisotopic (exact) mass is 470 g/mol. The second-order valence-electron chi connectivity index (χ2n) is 7.41. The molecule has 166 valence electrons. The molecule has 4 rings (SSSR count). The van der Waals surface area contributed by atoms with Gasteiger partial charge in [-0.15, -0.1) is 10.2 Å². The quantitative estimate of drug-likeness (QED) is 0.453. The average molecular weight is 471 g/mol. The molecule has 3 aromatic rings. The van der Waals surface area contributed by atoms with Gasteiger partial charge in [-0.25, -0.2) is 0 Å². The number of para-hydroxylation sites is 1. The van der Waals surface area contributed by atoms with Gasteiger partial charge in [0.25, 0.3) is 0 Å². The summed E-state index contributed by atoms with van der Waals surface area (Å²) < 4.78 is 12.5. The van der Waals surface area contributed by atoms with Gasteiger partial charge in [-0.2, -0.15) is 4.98 Å². The molecule has 32 heavy (non-hydrogen) atoms. The number of ether oxygens (including phenoxy) is 2. The molecule has 1 aromatic heterocycles. The zero-order chi connectivity index (χ0) is 22.8. The van der Waals surface area contributed by atoms with Gasteiger partial charge in [-0.3, -0.25) is 9.69 Å².